The van der Waals surface area contributed by atoms with Gasteiger partial charge in [-0.15, -0.1) is 0 Å². The molecule has 2 fully saturated rings. The Bertz CT molecular complexity index is 945. The number of rotatable bonds is 4. The van der Waals surface area contributed by atoms with Crippen molar-refractivity contribution in [2.75, 3.05) is 19.0 Å². The van der Waals surface area contributed by atoms with E-state index in [1.54, 1.807) is 18.2 Å². The molecule has 0 aliphatic carbocycles. The minimum absolute atomic E-state index is 0.00755. The quantitative estimate of drug-likeness (QED) is 0.455. The van der Waals surface area contributed by atoms with E-state index in [2.05, 4.69) is 16.0 Å². The van der Waals surface area contributed by atoms with Crippen LogP contribution < -0.4 is 16.0 Å². The fourth-order valence-corrected chi connectivity index (χ4v) is 4.17. The van der Waals surface area contributed by atoms with Gasteiger partial charge in [0.2, 0.25) is 11.8 Å². The second-order valence-electron chi connectivity index (χ2n) is 7.60. The number of piperidine rings is 2. The largest absolute Gasteiger partial charge is 0.468 e. The summed E-state index contributed by atoms with van der Waals surface area (Å²) in [5.74, 6) is -2.46. The molecule has 3 unspecified atom stereocenters. The van der Waals surface area contributed by atoms with Gasteiger partial charge in [0.15, 0.2) is 0 Å². The van der Waals surface area contributed by atoms with Crippen LogP contribution in [0.25, 0.3) is 0 Å². The Morgan fingerprint density at radius 3 is 2.63 bits per heavy atom. The van der Waals surface area contributed by atoms with E-state index < -0.39 is 35.7 Å². The molecule has 0 saturated carbocycles. The number of benzene rings is 1. The third-order valence-corrected chi connectivity index (χ3v) is 5.70. The summed E-state index contributed by atoms with van der Waals surface area (Å²) < 4.78 is 4.79. The van der Waals surface area contributed by atoms with E-state index in [0.29, 0.717) is 18.7 Å². The number of carbonyl (C=O) groups is 5. The maximum Gasteiger partial charge on any atom is 0.322 e. The predicted octanol–water partition coefficient (Wildman–Crippen LogP) is -0.207. The fourth-order valence-electron chi connectivity index (χ4n) is 4.17. The lowest BCUT2D eigenvalue weighted by Crippen LogP contribution is -2.54. The predicted molar refractivity (Wildman–Crippen MR) is 104 cm³/mol. The second-order valence-corrected chi connectivity index (χ2v) is 7.60. The molecule has 0 bridgehead atoms. The Morgan fingerprint density at radius 1 is 1.13 bits per heavy atom. The number of ether oxygens (including phenoxy) is 1. The van der Waals surface area contributed by atoms with E-state index in [1.165, 1.54) is 7.11 Å². The van der Waals surface area contributed by atoms with Gasteiger partial charge in [0.1, 0.15) is 12.1 Å². The molecule has 10 heteroatoms. The van der Waals surface area contributed by atoms with E-state index in [0.717, 1.165) is 11.3 Å². The van der Waals surface area contributed by atoms with Crippen molar-refractivity contribution in [3.8, 4) is 0 Å². The highest BCUT2D eigenvalue weighted by molar-refractivity contribution is 6.23. The summed E-state index contributed by atoms with van der Waals surface area (Å²) in [6.07, 6.45) is 1.50. The zero-order valence-corrected chi connectivity index (χ0v) is 16.4. The highest BCUT2D eigenvalue weighted by atomic mass is 16.5. The van der Waals surface area contributed by atoms with Crippen molar-refractivity contribution in [2.24, 2.45) is 0 Å². The van der Waals surface area contributed by atoms with Crippen LogP contribution in [0.5, 0.6) is 0 Å². The molecular weight excluding hydrogens is 392 g/mol. The van der Waals surface area contributed by atoms with Crippen LogP contribution in [0.4, 0.5) is 5.69 Å². The lowest BCUT2D eigenvalue weighted by molar-refractivity contribution is -0.143. The van der Waals surface area contributed by atoms with Crippen molar-refractivity contribution in [3.63, 3.8) is 0 Å². The number of methoxy groups -OCH3 is 1. The van der Waals surface area contributed by atoms with Gasteiger partial charge in [0.25, 0.3) is 11.8 Å². The first kappa shape index (κ1) is 20.0. The maximum absolute atomic E-state index is 12.9. The van der Waals surface area contributed by atoms with Crippen LogP contribution in [0.15, 0.2) is 18.2 Å². The van der Waals surface area contributed by atoms with Gasteiger partial charge in [0, 0.05) is 18.2 Å². The van der Waals surface area contributed by atoms with Crippen LogP contribution in [0.2, 0.25) is 0 Å². The third kappa shape index (κ3) is 3.54. The van der Waals surface area contributed by atoms with Crippen LogP contribution >= 0.6 is 0 Å². The number of anilines is 1. The molecule has 3 aliphatic heterocycles. The van der Waals surface area contributed by atoms with Gasteiger partial charge < -0.3 is 15.4 Å². The molecule has 30 heavy (non-hydrogen) atoms. The van der Waals surface area contributed by atoms with Crippen LogP contribution in [0.3, 0.4) is 0 Å². The maximum atomic E-state index is 12.9. The van der Waals surface area contributed by atoms with E-state index in [1.807, 2.05) is 0 Å². The minimum atomic E-state index is -0.989. The van der Waals surface area contributed by atoms with Gasteiger partial charge in [-0.2, -0.15) is 0 Å². The zero-order chi connectivity index (χ0) is 21.4. The Morgan fingerprint density at radius 2 is 1.90 bits per heavy atom. The topological polar surface area (TPSA) is 134 Å². The van der Waals surface area contributed by atoms with E-state index >= 15 is 0 Å². The van der Waals surface area contributed by atoms with Crippen LogP contribution in [0, 0.1) is 0 Å². The number of carbonyl (C=O) groups excluding carboxylic acids is 5. The zero-order valence-electron chi connectivity index (χ0n) is 16.4. The summed E-state index contributed by atoms with van der Waals surface area (Å²) in [5.41, 5.74) is 1.09. The molecule has 0 aromatic heterocycles. The van der Waals surface area contributed by atoms with Gasteiger partial charge >= 0.3 is 5.97 Å². The molecule has 3 heterocycles. The number of imide groups is 2. The van der Waals surface area contributed by atoms with E-state index in [-0.39, 0.29) is 36.0 Å². The number of nitrogens with zero attached hydrogens (tertiary/aromatic N) is 1. The first-order valence-electron chi connectivity index (χ1n) is 9.82. The molecule has 158 valence electrons. The molecule has 4 amide bonds. The first-order valence-corrected chi connectivity index (χ1v) is 9.82. The summed E-state index contributed by atoms with van der Waals surface area (Å²) in [4.78, 5) is 61.9. The SMILES string of the molecule is COC(=O)C1CC(Nc2ccc3c(c2)C(=O)N(C2CCC(=O)NC2=O)C3=O)CCN1. The molecule has 1 aromatic carbocycles. The van der Waals surface area contributed by atoms with E-state index in [4.69, 9.17) is 4.74 Å². The number of hydrogen-bond donors (Lipinski definition) is 3. The van der Waals surface area contributed by atoms with Crippen molar-refractivity contribution in [2.45, 2.75) is 43.8 Å². The number of hydrogen-bond acceptors (Lipinski definition) is 8. The molecule has 3 atom stereocenters. The van der Waals surface area contributed by atoms with Gasteiger partial charge in [-0.25, -0.2) is 0 Å². The van der Waals surface area contributed by atoms with Crippen molar-refractivity contribution in [1.82, 2.24) is 15.5 Å². The number of nitrogens with one attached hydrogen (secondary N) is 3. The molecule has 0 radical (unpaired) electrons. The Hall–Kier alpha value is -3.27. The average Bonchev–Trinajstić information content (AvgIpc) is 2.98. The summed E-state index contributed by atoms with van der Waals surface area (Å²) in [6, 6.07) is 3.46. The van der Waals surface area contributed by atoms with E-state index in [9.17, 15) is 24.0 Å². The van der Waals surface area contributed by atoms with Crippen LogP contribution in [-0.2, 0) is 19.1 Å². The van der Waals surface area contributed by atoms with Gasteiger partial charge in [-0.05, 0) is 44.0 Å². The normalized spacial score (nSPS) is 26.3. The third-order valence-electron chi connectivity index (χ3n) is 5.70. The molecule has 4 rings (SSSR count). The fraction of sp³-hybridized carbons (Fsp3) is 0.450. The lowest BCUT2D eigenvalue weighted by Gasteiger charge is -2.30. The first-order chi connectivity index (χ1) is 14.4. The summed E-state index contributed by atoms with van der Waals surface area (Å²) in [7, 11) is 1.35. The van der Waals surface area contributed by atoms with Gasteiger partial charge in [-0.1, -0.05) is 0 Å². The van der Waals surface area contributed by atoms with Crippen LogP contribution in [-0.4, -0.2) is 66.3 Å². The van der Waals surface area contributed by atoms with Gasteiger partial charge in [-0.3, -0.25) is 34.2 Å². The number of esters is 1. The van der Waals surface area contributed by atoms with Crippen molar-refractivity contribution in [3.05, 3.63) is 29.3 Å². The average molecular weight is 414 g/mol. The molecule has 3 aliphatic rings. The molecule has 2 saturated heterocycles. The molecule has 0 spiro atoms. The smallest absolute Gasteiger partial charge is 0.322 e. The Balaban J connectivity index is 1.50. The number of amides is 4. The monoisotopic (exact) mass is 414 g/mol. The molecule has 1 aromatic rings. The number of fused-ring (bicyclic) bond motifs is 1. The summed E-state index contributed by atoms with van der Waals surface area (Å²) >= 11 is 0. The minimum Gasteiger partial charge on any atom is -0.468 e. The summed E-state index contributed by atoms with van der Waals surface area (Å²) in [6.45, 7) is 0.642. The van der Waals surface area contributed by atoms with Crippen molar-refractivity contribution < 1.29 is 28.7 Å². The summed E-state index contributed by atoms with van der Waals surface area (Å²) in [5, 5.41) is 8.60. The highest BCUT2D eigenvalue weighted by Crippen LogP contribution is 2.30. The molecule has 10 nitrogen and oxygen atoms in total. The van der Waals surface area contributed by atoms with Crippen LogP contribution in [0.1, 0.15) is 46.4 Å². The highest BCUT2D eigenvalue weighted by Gasteiger charge is 2.44. The standard InChI is InChI=1S/C20H22N4O6/c1-30-20(29)14-9-11(6-7-21-14)22-10-2-3-12-13(8-10)19(28)24(18(12)27)15-4-5-16(25)23-17(15)26/h2-3,8,11,14-15,21-22H,4-7,9H2,1H3,(H,23,25,26). The Labute approximate surface area is 172 Å². The van der Waals surface area contributed by atoms with Gasteiger partial charge in [0.05, 0.1) is 18.2 Å². The molecule has 3 N–H and O–H groups in total. The lowest BCUT2D eigenvalue weighted by atomic mass is 9.98. The van der Waals surface area contributed by atoms with Crippen molar-refractivity contribution in [1.29, 1.82) is 0 Å². The molecular formula is C20H22N4O6. The second kappa shape index (κ2) is 7.86. The van der Waals surface area contributed by atoms with Crippen molar-refractivity contribution >= 4 is 35.3 Å². The Kier molecular flexibility index (Phi) is 5.25.